The van der Waals surface area contributed by atoms with Gasteiger partial charge in [0, 0.05) is 17.4 Å². The number of rotatable bonds is 7. The van der Waals surface area contributed by atoms with Crippen LogP contribution in [-0.2, 0) is 11.3 Å². The number of hydrogen-bond donors (Lipinski definition) is 1. The molecule has 0 spiro atoms. The van der Waals surface area contributed by atoms with Crippen LogP contribution in [0.2, 0.25) is 0 Å². The maximum atomic E-state index is 12.7. The van der Waals surface area contributed by atoms with Crippen LogP contribution in [0.4, 0.5) is 5.69 Å². The van der Waals surface area contributed by atoms with Gasteiger partial charge in [-0.3, -0.25) is 9.69 Å². The molecule has 3 rings (SSSR count). The number of nitrogens with zero attached hydrogens (tertiary/aromatic N) is 1. The van der Waals surface area contributed by atoms with Gasteiger partial charge in [-0.05, 0) is 68.9 Å². The first-order valence-corrected chi connectivity index (χ1v) is 10.8. The zero-order valence-corrected chi connectivity index (χ0v) is 16.9. The number of piperidine rings is 1. The molecule has 4 nitrogen and oxygen atoms in total. The number of thioether (sulfide) groups is 1. The predicted molar refractivity (Wildman–Crippen MR) is 112 cm³/mol. The number of ether oxygens (including phenoxy) is 1. The predicted octanol–water partition coefficient (Wildman–Crippen LogP) is 4.66. The molecule has 1 N–H and O–H groups in total. The quantitative estimate of drug-likeness (QED) is 0.705. The van der Waals surface area contributed by atoms with Gasteiger partial charge in [-0.1, -0.05) is 24.3 Å². The fourth-order valence-corrected chi connectivity index (χ4v) is 4.05. The Morgan fingerprint density at radius 2 is 1.96 bits per heavy atom. The molecule has 0 bridgehead atoms. The Bertz CT molecular complexity index is 757. The van der Waals surface area contributed by atoms with Gasteiger partial charge in [-0.15, -0.1) is 11.8 Å². The van der Waals surface area contributed by atoms with E-state index in [0.717, 1.165) is 48.8 Å². The van der Waals surface area contributed by atoms with Crippen LogP contribution in [0, 0.1) is 5.92 Å². The van der Waals surface area contributed by atoms with Crippen molar-refractivity contribution in [1.82, 2.24) is 4.90 Å². The Kier molecular flexibility index (Phi) is 7.18. The van der Waals surface area contributed by atoms with Crippen LogP contribution in [0.15, 0.2) is 53.4 Å². The number of carbonyl (C=O) groups is 1. The first-order valence-electron chi connectivity index (χ1n) is 9.57. The first kappa shape index (κ1) is 19.8. The minimum atomic E-state index is 0.0888. The van der Waals surface area contributed by atoms with Crippen LogP contribution in [0.3, 0.4) is 0 Å². The normalized spacial score (nSPS) is 15.5. The Morgan fingerprint density at radius 1 is 1.19 bits per heavy atom. The van der Waals surface area contributed by atoms with Crippen molar-refractivity contribution in [3.05, 3.63) is 54.1 Å². The lowest BCUT2D eigenvalue weighted by atomic mass is 9.95. The van der Waals surface area contributed by atoms with Gasteiger partial charge < -0.3 is 10.1 Å². The summed E-state index contributed by atoms with van der Waals surface area (Å²) in [6.45, 7) is 5.48. The van der Waals surface area contributed by atoms with Gasteiger partial charge in [0.15, 0.2) is 0 Å². The third-order valence-corrected chi connectivity index (χ3v) is 5.73. The van der Waals surface area contributed by atoms with E-state index in [1.807, 2.05) is 49.6 Å². The molecule has 1 saturated heterocycles. The molecule has 1 aliphatic heterocycles. The molecule has 0 unspecified atom stereocenters. The average molecular weight is 385 g/mol. The Morgan fingerprint density at radius 3 is 2.70 bits per heavy atom. The van der Waals surface area contributed by atoms with Crippen LogP contribution in [0.1, 0.15) is 25.3 Å². The summed E-state index contributed by atoms with van der Waals surface area (Å²) in [5, 5.41) is 3.12. The van der Waals surface area contributed by atoms with Crippen molar-refractivity contribution in [3.63, 3.8) is 0 Å². The van der Waals surface area contributed by atoms with Crippen molar-refractivity contribution in [2.24, 2.45) is 5.92 Å². The number of likely N-dealkylation sites (tertiary alicyclic amines) is 1. The molecule has 1 aliphatic rings. The number of nitrogens with one attached hydrogen (secondary N) is 1. The second-order valence-corrected chi connectivity index (χ2v) is 7.67. The summed E-state index contributed by atoms with van der Waals surface area (Å²) >= 11 is 1.66. The largest absolute Gasteiger partial charge is 0.494 e. The summed E-state index contributed by atoms with van der Waals surface area (Å²) in [6, 6.07) is 16.3. The van der Waals surface area contributed by atoms with Gasteiger partial charge >= 0.3 is 0 Å². The molecule has 0 aliphatic carbocycles. The van der Waals surface area contributed by atoms with E-state index in [9.17, 15) is 4.79 Å². The number of amides is 1. The van der Waals surface area contributed by atoms with Crippen molar-refractivity contribution < 1.29 is 9.53 Å². The van der Waals surface area contributed by atoms with Crippen LogP contribution >= 0.6 is 11.8 Å². The molecular formula is C22H28N2O2S. The van der Waals surface area contributed by atoms with Gasteiger partial charge in [0.05, 0.1) is 12.3 Å². The van der Waals surface area contributed by atoms with Crippen LogP contribution in [0.25, 0.3) is 0 Å². The van der Waals surface area contributed by atoms with Crippen molar-refractivity contribution in [3.8, 4) is 5.75 Å². The molecule has 1 amide bonds. The van der Waals surface area contributed by atoms with Gasteiger partial charge in [-0.25, -0.2) is 0 Å². The first-order chi connectivity index (χ1) is 13.2. The van der Waals surface area contributed by atoms with Gasteiger partial charge in [0.25, 0.3) is 0 Å². The molecule has 2 aromatic rings. The monoisotopic (exact) mass is 384 g/mol. The van der Waals surface area contributed by atoms with E-state index in [1.165, 1.54) is 5.56 Å². The molecule has 1 heterocycles. The fourth-order valence-electron chi connectivity index (χ4n) is 3.49. The lowest BCUT2D eigenvalue weighted by Gasteiger charge is -2.31. The van der Waals surface area contributed by atoms with E-state index in [4.69, 9.17) is 4.74 Å². The molecule has 0 aromatic heterocycles. The number of para-hydroxylation sites is 1. The Balaban J connectivity index is 1.51. The highest BCUT2D eigenvalue weighted by Crippen LogP contribution is 2.27. The van der Waals surface area contributed by atoms with E-state index < -0.39 is 0 Å². The van der Waals surface area contributed by atoms with E-state index in [2.05, 4.69) is 22.3 Å². The van der Waals surface area contributed by atoms with E-state index in [-0.39, 0.29) is 11.8 Å². The standard InChI is InChI=1S/C22H28N2O2S/c1-3-26-19-8-6-7-17(15-19)16-24-13-11-18(12-14-24)22(25)23-20-9-4-5-10-21(20)27-2/h4-10,15,18H,3,11-14,16H2,1-2H3,(H,23,25). The third kappa shape index (κ3) is 5.50. The Hall–Kier alpha value is -1.98. The SMILES string of the molecule is CCOc1cccc(CN2CCC(C(=O)Nc3ccccc3SC)CC2)c1. The van der Waals surface area contributed by atoms with Crippen molar-refractivity contribution in [2.75, 3.05) is 31.3 Å². The number of carbonyl (C=O) groups excluding carboxylic acids is 1. The van der Waals surface area contributed by atoms with E-state index in [0.29, 0.717) is 6.61 Å². The highest BCUT2D eigenvalue weighted by atomic mass is 32.2. The van der Waals surface area contributed by atoms with E-state index in [1.54, 1.807) is 11.8 Å². The van der Waals surface area contributed by atoms with Gasteiger partial charge in [0.2, 0.25) is 5.91 Å². The minimum Gasteiger partial charge on any atom is -0.494 e. The molecule has 2 aromatic carbocycles. The molecule has 0 atom stereocenters. The fraction of sp³-hybridized carbons (Fsp3) is 0.409. The molecule has 144 valence electrons. The zero-order valence-electron chi connectivity index (χ0n) is 16.1. The number of anilines is 1. The van der Waals surface area contributed by atoms with Crippen LogP contribution in [0.5, 0.6) is 5.75 Å². The van der Waals surface area contributed by atoms with Crippen molar-refractivity contribution in [2.45, 2.75) is 31.2 Å². The van der Waals surface area contributed by atoms with Gasteiger partial charge in [0.1, 0.15) is 5.75 Å². The maximum absolute atomic E-state index is 12.7. The van der Waals surface area contributed by atoms with Crippen LogP contribution in [-0.4, -0.2) is 36.8 Å². The maximum Gasteiger partial charge on any atom is 0.227 e. The summed E-state index contributed by atoms with van der Waals surface area (Å²) in [5.74, 6) is 1.16. The second kappa shape index (κ2) is 9.81. The molecule has 5 heteroatoms. The summed E-state index contributed by atoms with van der Waals surface area (Å²) in [6.07, 6.45) is 3.83. The minimum absolute atomic E-state index is 0.0888. The number of benzene rings is 2. The molecule has 0 saturated carbocycles. The zero-order chi connectivity index (χ0) is 19.1. The van der Waals surface area contributed by atoms with E-state index >= 15 is 0 Å². The Labute approximate surface area is 166 Å². The molecule has 1 fully saturated rings. The van der Waals surface area contributed by atoms with Gasteiger partial charge in [-0.2, -0.15) is 0 Å². The number of hydrogen-bond acceptors (Lipinski definition) is 4. The molecule has 0 radical (unpaired) electrons. The van der Waals surface area contributed by atoms with Crippen LogP contribution < -0.4 is 10.1 Å². The highest BCUT2D eigenvalue weighted by molar-refractivity contribution is 7.98. The average Bonchev–Trinajstić information content (AvgIpc) is 2.69. The second-order valence-electron chi connectivity index (χ2n) is 6.82. The topological polar surface area (TPSA) is 41.6 Å². The highest BCUT2D eigenvalue weighted by Gasteiger charge is 2.25. The molecular weight excluding hydrogens is 356 g/mol. The smallest absolute Gasteiger partial charge is 0.227 e. The third-order valence-electron chi connectivity index (χ3n) is 4.94. The van der Waals surface area contributed by atoms with Crippen molar-refractivity contribution in [1.29, 1.82) is 0 Å². The lowest BCUT2D eigenvalue weighted by molar-refractivity contribution is -0.121. The summed E-state index contributed by atoms with van der Waals surface area (Å²) in [7, 11) is 0. The lowest BCUT2D eigenvalue weighted by Crippen LogP contribution is -2.37. The molecule has 27 heavy (non-hydrogen) atoms. The van der Waals surface area contributed by atoms with Crippen molar-refractivity contribution >= 4 is 23.4 Å². The summed E-state index contributed by atoms with van der Waals surface area (Å²) < 4.78 is 5.59. The summed E-state index contributed by atoms with van der Waals surface area (Å²) in [4.78, 5) is 16.2. The summed E-state index contributed by atoms with van der Waals surface area (Å²) in [5.41, 5.74) is 2.18.